The molecule has 0 radical (unpaired) electrons. The van der Waals surface area contributed by atoms with Gasteiger partial charge in [-0.25, -0.2) is 0 Å². The molecule has 0 aliphatic carbocycles. The van der Waals surface area contributed by atoms with E-state index in [-0.39, 0.29) is 5.16 Å². The summed E-state index contributed by atoms with van der Waals surface area (Å²) in [6.07, 6.45) is 0. The molecule has 0 saturated carbocycles. The second-order valence-corrected chi connectivity index (χ2v) is 8.10. The molecule has 1 aromatic rings. The normalized spacial score (nSPS) is 12.9. The van der Waals surface area contributed by atoms with E-state index in [9.17, 15) is 4.57 Å². The highest BCUT2D eigenvalue weighted by atomic mass is 31.2. The van der Waals surface area contributed by atoms with Crippen LogP contribution in [0.5, 0.6) is 0 Å². The van der Waals surface area contributed by atoms with Gasteiger partial charge >= 0.3 is 0 Å². The molecule has 0 N–H and O–H groups in total. The molecule has 1 nitrogen and oxygen atoms in total. The Balaban J connectivity index is 3.16. The molecular formula is C11H17OP. The summed E-state index contributed by atoms with van der Waals surface area (Å²) in [6, 6.07) is 10.1. The number of hydrogen-bond donors (Lipinski definition) is 0. The Hall–Kier alpha value is -0.550. The second-order valence-electron chi connectivity index (χ2n) is 4.28. The zero-order chi connectivity index (χ0) is 10.1. The summed E-state index contributed by atoms with van der Waals surface area (Å²) in [5.41, 5.74) is 1.16. The maximum Gasteiger partial charge on any atom is 0.0913 e. The summed E-state index contributed by atoms with van der Waals surface area (Å²) in [6.45, 7) is 7.78. The molecule has 72 valence electrons. The predicted molar refractivity (Wildman–Crippen MR) is 58.9 cm³/mol. The van der Waals surface area contributed by atoms with E-state index in [2.05, 4.69) is 0 Å². The van der Waals surface area contributed by atoms with Gasteiger partial charge in [-0.3, -0.25) is 0 Å². The Morgan fingerprint density at radius 3 is 1.92 bits per heavy atom. The van der Waals surface area contributed by atoms with Gasteiger partial charge in [0.25, 0.3) is 0 Å². The lowest BCUT2D eigenvalue weighted by atomic mass is 10.0. The lowest BCUT2D eigenvalue weighted by molar-refractivity contribution is 0.553. The minimum atomic E-state index is -2.09. The molecule has 0 bridgehead atoms. The summed E-state index contributed by atoms with van der Waals surface area (Å²) in [5, 5.41) is -0.214. The highest BCUT2D eigenvalue weighted by molar-refractivity contribution is 7.63. The standard InChI is InChI=1S/C11H17OP/c1-11(2,13(3,4)12)10-8-6-5-7-9-10/h5-9H,1-4H3. The van der Waals surface area contributed by atoms with Crippen molar-refractivity contribution in [3.8, 4) is 0 Å². The fraction of sp³-hybridized carbons (Fsp3) is 0.455. The summed E-state index contributed by atoms with van der Waals surface area (Å²) in [7, 11) is -2.09. The van der Waals surface area contributed by atoms with Crippen molar-refractivity contribution < 1.29 is 4.57 Å². The highest BCUT2D eigenvalue weighted by Gasteiger charge is 2.33. The van der Waals surface area contributed by atoms with Crippen molar-refractivity contribution >= 4 is 7.14 Å². The first kappa shape index (κ1) is 10.5. The fourth-order valence-corrected chi connectivity index (χ4v) is 1.93. The third-order valence-electron chi connectivity index (χ3n) is 2.83. The zero-order valence-electron chi connectivity index (χ0n) is 8.74. The Morgan fingerprint density at radius 1 is 1.08 bits per heavy atom. The van der Waals surface area contributed by atoms with Crippen LogP contribution < -0.4 is 0 Å². The summed E-state index contributed by atoms with van der Waals surface area (Å²) >= 11 is 0. The van der Waals surface area contributed by atoms with Crippen molar-refractivity contribution in [3.05, 3.63) is 35.9 Å². The lowest BCUT2D eigenvalue weighted by Gasteiger charge is -2.29. The van der Waals surface area contributed by atoms with Crippen LogP contribution in [0, 0.1) is 0 Å². The van der Waals surface area contributed by atoms with Gasteiger partial charge in [-0.2, -0.15) is 0 Å². The Bertz CT molecular complexity index is 321. The van der Waals surface area contributed by atoms with Crippen LogP contribution in [0.1, 0.15) is 19.4 Å². The van der Waals surface area contributed by atoms with Crippen LogP contribution in [0.15, 0.2) is 30.3 Å². The zero-order valence-corrected chi connectivity index (χ0v) is 9.64. The Labute approximate surface area is 80.5 Å². The first-order chi connectivity index (χ1) is 5.86. The summed E-state index contributed by atoms with van der Waals surface area (Å²) < 4.78 is 12.0. The van der Waals surface area contributed by atoms with Crippen LogP contribution in [0.4, 0.5) is 0 Å². The van der Waals surface area contributed by atoms with Crippen molar-refractivity contribution in [1.82, 2.24) is 0 Å². The molecular weight excluding hydrogens is 179 g/mol. The van der Waals surface area contributed by atoms with Crippen molar-refractivity contribution in [2.75, 3.05) is 13.3 Å². The van der Waals surface area contributed by atoms with E-state index < -0.39 is 7.14 Å². The molecule has 0 aliphatic rings. The minimum absolute atomic E-state index is 0.214. The van der Waals surface area contributed by atoms with Crippen molar-refractivity contribution in [2.45, 2.75) is 19.0 Å². The maximum absolute atomic E-state index is 12.0. The second kappa shape index (κ2) is 3.31. The van der Waals surface area contributed by atoms with E-state index in [1.807, 2.05) is 57.5 Å². The van der Waals surface area contributed by atoms with Gasteiger partial charge in [0.1, 0.15) is 0 Å². The molecule has 1 rings (SSSR count). The fourth-order valence-electron chi connectivity index (χ4n) is 1.16. The maximum atomic E-state index is 12.0. The lowest BCUT2D eigenvalue weighted by Crippen LogP contribution is -2.16. The SMILES string of the molecule is CC(C)(c1ccccc1)P(C)(C)=O. The van der Waals surface area contributed by atoms with Gasteiger partial charge in [0, 0.05) is 5.16 Å². The van der Waals surface area contributed by atoms with Gasteiger partial charge in [0.05, 0.1) is 7.14 Å². The quantitative estimate of drug-likeness (QED) is 0.661. The van der Waals surface area contributed by atoms with E-state index in [1.165, 1.54) is 0 Å². The molecule has 0 spiro atoms. The van der Waals surface area contributed by atoms with Crippen LogP contribution in [0.3, 0.4) is 0 Å². The Morgan fingerprint density at radius 2 is 1.54 bits per heavy atom. The first-order valence-corrected chi connectivity index (χ1v) is 7.06. The molecule has 0 fully saturated rings. The van der Waals surface area contributed by atoms with Gasteiger partial charge in [0.15, 0.2) is 0 Å². The molecule has 13 heavy (non-hydrogen) atoms. The van der Waals surface area contributed by atoms with Gasteiger partial charge in [-0.05, 0) is 32.7 Å². The van der Waals surface area contributed by atoms with E-state index in [0.717, 1.165) is 5.56 Å². The average molecular weight is 196 g/mol. The number of rotatable bonds is 2. The third kappa shape index (κ3) is 2.03. The highest BCUT2D eigenvalue weighted by Crippen LogP contribution is 2.57. The molecule has 2 heteroatoms. The van der Waals surface area contributed by atoms with E-state index in [4.69, 9.17) is 0 Å². The van der Waals surface area contributed by atoms with E-state index in [0.29, 0.717) is 0 Å². The van der Waals surface area contributed by atoms with Crippen molar-refractivity contribution in [1.29, 1.82) is 0 Å². The molecule has 0 atom stereocenters. The number of benzene rings is 1. The van der Waals surface area contributed by atoms with Gasteiger partial charge in [-0.15, -0.1) is 0 Å². The van der Waals surface area contributed by atoms with Crippen LogP contribution in [-0.2, 0) is 9.72 Å². The van der Waals surface area contributed by atoms with Gasteiger partial charge in [0.2, 0.25) is 0 Å². The molecule has 0 heterocycles. The molecule has 0 aromatic heterocycles. The minimum Gasteiger partial charge on any atom is -0.323 e. The van der Waals surface area contributed by atoms with Crippen LogP contribution in [0.2, 0.25) is 0 Å². The van der Waals surface area contributed by atoms with E-state index >= 15 is 0 Å². The van der Waals surface area contributed by atoms with Crippen LogP contribution in [-0.4, -0.2) is 13.3 Å². The van der Waals surface area contributed by atoms with Crippen molar-refractivity contribution in [2.24, 2.45) is 0 Å². The average Bonchev–Trinajstić information content (AvgIpc) is 2.04. The molecule has 0 unspecified atom stereocenters. The topological polar surface area (TPSA) is 17.1 Å². The summed E-state index contributed by atoms with van der Waals surface area (Å²) in [5.74, 6) is 0. The van der Waals surface area contributed by atoms with Gasteiger partial charge in [-0.1, -0.05) is 30.3 Å². The third-order valence-corrected chi connectivity index (χ3v) is 5.78. The Kier molecular flexibility index (Phi) is 2.68. The number of hydrogen-bond acceptors (Lipinski definition) is 1. The predicted octanol–water partition coefficient (Wildman–Crippen LogP) is 3.54. The summed E-state index contributed by atoms with van der Waals surface area (Å²) in [4.78, 5) is 0. The largest absolute Gasteiger partial charge is 0.323 e. The molecule has 0 amide bonds. The van der Waals surface area contributed by atoms with Crippen molar-refractivity contribution in [3.63, 3.8) is 0 Å². The van der Waals surface area contributed by atoms with Gasteiger partial charge < -0.3 is 4.57 Å². The molecule has 0 aliphatic heterocycles. The van der Waals surface area contributed by atoms with Crippen LogP contribution in [0.25, 0.3) is 0 Å². The van der Waals surface area contributed by atoms with Crippen LogP contribution >= 0.6 is 7.14 Å². The van der Waals surface area contributed by atoms with E-state index in [1.54, 1.807) is 0 Å². The smallest absolute Gasteiger partial charge is 0.0913 e. The molecule has 0 saturated heterocycles. The molecule has 1 aromatic carbocycles. The monoisotopic (exact) mass is 196 g/mol. The first-order valence-electron chi connectivity index (χ1n) is 4.46.